The van der Waals surface area contributed by atoms with Crippen molar-refractivity contribution in [3.8, 4) is 0 Å². The van der Waals surface area contributed by atoms with Gasteiger partial charge in [0.25, 0.3) is 0 Å². The zero-order valence-electron chi connectivity index (χ0n) is 11.1. The Hall–Kier alpha value is -0.840. The number of rotatable bonds is 7. The summed E-state index contributed by atoms with van der Waals surface area (Å²) in [7, 11) is 0. The van der Waals surface area contributed by atoms with Crippen LogP contribution in [0, 0.1) is 5.92 Å². The fraction of sp³-hybridized carbons (Fsp3) is 0.692. The summed E-state index contributed by atoms with van der Waals surface area (Å²) < 4.78 is 0.979. The Morgan fingerprint density at radius 3 is 2.83 bits per heavy atom. The zero-order chi connectivity index (χ0) is 13.0. The molecule has 0 amide bonds. The lowest BCUT2D eigenvalue weighted by Gasteiger charge is -2.23. The highest BCUT2D eigenvalue weighted by Crippen LogP contribution is 2.33. The van der Waals surface area contributed by atoms with Crippen molar-refractivity contribution in [3.63, 3.8) is 0 Å². The first-order chi connectivity index (χ1) is 8.74. The Balaban J connectivity index is 2.11. The second-order valence-electron chi connectivity index (χ2n) is 4.77. The van der Waals surface area contributed by atoms with Crippen molar-refractivity contribution < 1.29 is 0 Å². The van der Waals surface area contributed by atoms with Crippen LogP contribution in [0.2, 0.25) is 0 Å². The lowest BCUT2D eigenvalue weighted by molar-refractivity contribution is 0.728. The number of anilines is 2. The minimum Gasteiger partial charge on any atom is -0.356 e. The highest BCUT2D eigenvalue weighted by atomic mass is 79.9. The van der Waals surface area contributed by atoms with E-state index in [1.54, 1.807) is 0 Å². The highest BCUT2D eigenvalue weighted by molar-refractivity contribution is 9.10. The molecule has 0 aliphatic heterocycles. The van der Waals surface area contributed by atoms with Crippen molar-refractivity contribution in [2.24, 2.45) is 5.92 Å². The average molecular weight is 313 g/mol. The van der Waals surface area contributed by atoms with Crippen LogP contribution in [-0.2, 0) is 0 Å². The Morgan fingerprint density at radius 1 is 1.44 bits per heavy atom. The predicted octanol–water partition coefficient (Wildman–Crippen LogP) is 3.30. The molecule has 0 saturated heterocycles. The molecule has 1 aromatic heterocycles. The molecule has 0 aromatic carbocycles. The first-order valence-electron chi connectivity index (χ1n) is 6.76. The molecule has 1 saturated carbocycles. The van der Waals surface area contributed by atoms with Crippen LogP contribution in [0.5, 0.6) is 0 Å². The van der Waals surface area contributed by atoms with Gasteiger partial charge in [-0.15, -0.1) is 0 Å². The summed E-state index contributed by atoms with van der Waals surface area (Å²) in [6, 6.07) is 0. The van der Waals surface area contributed by atoms with Crippen LogP contribution in [-0.4, -0.2) is 29.6 Å². The second kappa shape index (κ2) is 6.36. The number of halogens is 1. The molecule has 1 heterocycles. The van der Waals surface area contributed by atoms with Gasteiger partial charge >= 0.3 is 0 Å². The van der Waals surface area contributed by atoms with E-state index in [1.807, 2.05) is 6.20 Å². The van der Waals surface area contributed by atoms with E-state index in [9.17, 15) is 0 Å². The number of nitrogens with one attached hydrogen (secondary N) is 1. The largest absolute Gasteiger partial charge is 0.356 e. The maximum Gasteiger partial charge on any atom is 0.224 e. The van der Waals surface area contributed by atoms with Crippen LogP contribution in [0.4, 0.5) is 11.8 Å². The van der Waals surface area contributed by atoms with Crippen molar-refractivity contribution in [2.45, 2.75) is 33.1 Å². The third-order valence-corrected chi connectivity index (χ3v) is 3.67. The molecule has 0 unspecified atom stereocenters. The molecular formula is C13H21BrN4. The lowest BCUT2D eigenvalue weighted by atomic mass is 10.3. The highest BCUT2D eigenvalue weighted by Gasteiger charge is 2.25. The van der Waals surface area contributed by atoms with E-state index >= 15 is 0 Å². The van der Waals surface area contributed by atoms with E-state index in [2.05, 4.69) is 50.0 Å². The normalized spacial score (nSPS) is 14.6. The maximum absolute atomic E-state index is 4.62. The van der Waals surface area contributed by atoms with Gasteiger partial charge in [0.1, 0.15) is 5.82 Å². The van der Waals surface area contributed by atoms with Crippen molar-refractivity contribution in [1.29, 1.82) is 0 Å². The summed E-state index contributed by atoms with van der Waals surface area (Å²) >= 11 is 3.56. The van der Waals surface area contributed by atoms with Crippen molar-refractivity contribution >= 4 is 27.7 Å². The van der Waals surface area contributed by atoms with E-state index in [1.165, 1.54) is 12.8 Å². The monoisotopic (exact) mass is 312 g/mol. The second-order valence-corrected chi connectivity index (χ2v) is 5.63. The van der Waals surface area contributed by atoms with Crippen LogP contribution in [0.1, 0.15) is 33.1 Å². The Morgan fingerprint density at radius 2 is 2.22 bits per heavy atom. The first kappa shape index (κ1) is 13.6. The van der Waals surface area contributed by atoms with E-state index in [0.29, 0.717) is 0 Å². The third-order valence-electron chi connectivity index (χ3n) is 3.12. The third kappa shape index (κ3) is 3.57. The van der Waals surface area contributed by atoms with Crippen molar-refractivity contribution in [1.82, 2.24) is 9.97 Å². The quantitative estimate of drug-likeness (QED) is 0.838. The molecule has 1 N–H and O–H groups in total. The van der Waals surface area contributed by atoms with Crippen LogP contribution in [0.3, 0.4) is 0 Å². The van der Waals surface area contributed by atoms with Gasteiger partial charge in [-0.05, 0) is 48.0 Å². The molecule has 1 aliphatic carbocycles. The van der Waals surface area contributed by atoms with Gasteiger partial charge in [-0.1, -0.05) is 6.92 Å². The molecule has 4 nitrogen and oxygen atoms in total. The fourth-order valence-corrected chi connectivity index (χ4v) is 2.32. The molecule has 1 aliphatic rings. The Labute approximate surface area is 117 Å². The van der Waals surface area contributed by atoms with Gasteiger partial charge < -0.3 is 10.2 Å². The smallest absolute Gasteiger partial charge is 0.224 e. The molecule has 0 radical (unpaired) electrons. The number of hydrogen-bond acceptors (Lipinski definition) is 4. The van der Waals surface area contributed by atoms with E-state index in [0.717, 1.165) is 48.2 Å². The van der Waals surface area contributed by atoms with Gasteiger partial charge in [0.2, 0.25) is 5.95 Å². The van der Waals surface area contributed by atoms with Crippen LogP contribution in [0.25, 0.3) is 0 Å². The molecule has 5 heteroatoms. The SMILES string of the molecule is CCCNc1ncc(Br)c(N(CC)CC2CC2)n1. The number of hydrogen-bond donors (Lipinski definition) is 1. The van der Waals surface area contributed by atoms with Crippen LogP contribution >= 0.6 is 15.9 Å². The van der Waals surface area contributed by atoms with Gasteiger partial charge in [-0.3, -0.25) is 0 Å². The summed E-state index contributed by atoms with van der Waals surface area (Å²) in [4.78, 5) is 11.2. The van der Waals surface area contributed by atoms with Crippen molar-refractivity contribution in [3.05, 3.63) is 10.7 Å². The van der Waals surface area contributed by atoms with Gasteiger partial charge in [-0.25, -0.2) is 4.98 Å². The van der Waals surface area contributed by atoms with Gasteiger partial charge in [-0.2, -0.15) is 4.98 Å². The number of aromatic nitrogens is 2. The van der Waals surface area contributed by atoms with E-state index in [-0.39, 0.29) is 0 Å². The molecule has 18 heavy (non-hydrogen) atoms. The summed E-state index contributed by atoms with van der Waals surface area (Å²) in [5.41, 5.74) is 0. The Bertz CT molecular complexity index is 393. The first-order valence-corrected chi connectivity index (χ1v) is 7.55. The van der Waals surface area contributed by atoms with E-state index in [4.69, 9.17) is 0 Å². The van der Waals surface area contributed by atoms with Crippen LogP contribution < -0.4 is 10.2 Å². The molecule has 0 bridgehead atoms. The molecule has 100 valence electrons. The molecular weight excluding hydrogens is 292 g/mol. The fourth-order valence-electron chi connectivity index (χ4n) is 1.88. The maximum atomic E-state index is 4.62. The predicted molar refractivity (Wildman–Crippen MR) is 79.1 cm³/mol. The van der Waals surface area contributed by atoms with Gasteiger partial charge in [0.05, 0.1) is 4.47 Å². The molecule has 0 atom stereocenters. The molecule has 1 fully saturated rings. The minimum atomic E-state index is 0.726. The minimum absolute atomic E-state index is 0.726. The Kier molecular flexibility index (Phi) is 4.80. The lowest BCUT2D eigenvalue weighted by Crippen LogP contribution is -2.27. The molecule has 0 spiro atoms. The van der Waals surface area contributed by atoms with Gasteiger partial charge in [0, 0.05) is 25.8 Å². The van der Waals surface area contributed by atoms with E-state index < -0.39 is 0 Å². The zero-order valence-corrected chi connectivity index (χ0v) is 12.7. The standard InChI is InChI=1S/C13H21BrN4/c1-3-7-15-13-16-8-11(14)12(17-13)18(4-2)9-10-5-6-10/h8,10H,3-7,9H2,1-2H3,(H,15,16,17). The van der Waals surface area contributed by atoms with Crippen molar-refractivity contribution in [2.75, 3.05) is 29.9 Å². The summed E-state index contributed by atoms with van der Waals surface area (Å²) in [6.07, 6.45) is 5.64. The van der Waals surface area contributed by atoms with Gasteiger partial charge in [0.15, 0.2) is 0 Å². The average Bonchev–Trinajstić information content (AvgIpc) is 3.19. The molecule has 1 aromatic rings. The summed E-state index contributed by atoms with van der Waals surface area (Å²) in [6.45, 7) is 7.32. The van der Waals surface area contributed by atoms with Crippen LogP contribution in [0.15, 0.2) is 10.7 Å². The summed E-state index contributed by atoms with van der Waals surface area (Å²) in [5, 5.41) is 3.24. The number of nitrogens with zero attached hydrogens (tertiary/aromatic N) is 3. The molecule has 2 rings (SSSR count). The topological polar surface area (TPSA) is 41.1 Å². The summed E-state index contributed by atoms with van der Waals surface area (Å²) in [5.74, 6) is 2.60.